The average molecular weight is 446 g/mol. The predicted octanol–water partition coefficient (Wildman–Crippen LogP) is -2.14. The molecule has 0 unspecified atom stereocenters. The van der Waals surface area contributed by atoms with Crippen LogP contribution in [0.2, 0.25) is 0 Å². The van der Waals surface area contributed by atoms with Crippen molar-refractivity contribution in [2.45, 2.75) is 11.5 Å². The van der Waals surface area contributed by atoms with Crippen LogP contribution in [-0.2, 0) is 14.6 Å². The summed E-state index contributed by atoms with van der Waals surface area (Å²) in [5.41, 5.74) is -4.01. The van der Waals surface area contributed by atoms with Crippen molar-refractivity contribution in [3.63, 3.8) is 0 Å². The van der Waals surface area contributed by atoms with E-state index in [1.54, 1.807) is 0 Å². The van der Waals surface area contributed by atoms with Crippen LogP contribution < -0.4 is 0 Å². The molecule has 1 amide bonds. The average Bonchev–Trinajstić information content (AvgIpc) is 2.60. The summed E-state index contributed by atoms with van der Waals surface area (Å²) in [6.45, 7) is -3.64. The minimum atomic E-state index is -4.27. The molecule has 0 bridgehead atoms. The first kappa shape index (κ1) is 25.4. The third kappa shape index (κ3) is 5.44. The molecule has 1 heterocycles. The minimum Gasteiger partial charge on any atom is -0.393 e. The van der Waals surface area contributed by atoms with E-state index in [1.807, 2.05) is 0 Å². The van der Waals surface area contributed by atoms with Gasteiger partial charge in [-0.15, -0.1) is 42.7 Å². The lowest BCUT2D eigenvalue weighted by atomic mass is 9.97. The van der Waals surface area contributed by atoms with Gasteiger partial charge in [0.1, 0.15) is 0 Å². The molecule has 0 aliphatic carbocycles. The molecule has 1 aromatic heterocycles. The number of aliphatic hydroxyl groups is 3. The van der Waals surface area contributed by atoms with Gasteiger partial charge in [-0.05, 0) is 12.1 Å². The van der Waals surface area contributed by atoms with Gasteiger partial charge in [0, 0.05) is 12.4 Å². The van der Waals surface area contributed by atoms with Crippen molar-refractivity contribution in [2.24, 2.45) is 0 Å². The number of halogens is 1. The van der Waals surface area contributed by atoms with Gasteiger partial charge in [-0.1, -0.05) is 0 Å². The van der Waals surface area contributed by atoms with Gasteiger partial charge in [0.2, 0.25) is 0 Å². The first-order valence-electron chi connectivity index (χ1n) is 6.71. The molecule has 29 heavy (non-hydrogen) atoms. The normalized spacial score (nSPS) is 10.9. The second-order valence-corrected chi connectivity index (χ2v) is 4.71. The number of nitrogens with zero attached hydrogens (tertiary/aromatic N) is 5. The summed E-state index contributed by atoms with van der Waals surface area (Å²) in [4.78, 5) is 59.3. The number of aliphatic hydroxyl groups excluding tert-OH is 2. The standard InChI is InChI=1S/C10H11N5O13.ClH/c16-5-9(6-17,10(19,26-13(20)21)27-14(22)23)12(28-15(24)25)8(18)7-2-1-3-11-4-7;/h1-4,16-17,19H,5-6H2;1H. The topological polar surface area (TPSA) is 251 Å². The zero-order chi connectivity index (χ0) is 21.5. The highest BCUT2D eigenvalue weighted by atomic mass is 35.5. The summed E-state index contributed by atoms with van der Waals surface area (Å²) in [5.74, 6) is -5.89. The monoisotopic (exact) mass is 445 g/mol. The van der Waals surface area contributed by atoms with Crippen LogP contribution in [0.4, 0.5) is 0 Å². The fraction of sp³-hybridized carbons (Fsp3) is 0.400. The summed E-state index contributed by atoms with van der Waals surface area (Å²) in [7, 11) is 0. The Morgan fingerprint density at radius 1 is 1.10 bits per heavy atom. The Morgan fingerprint density at radius 3 is 1.97 bits per heavy atom. The van der Waals surface area contributed by atoms with Crippen LogP contribution in [0.1, 0.15) is 10.4 Å². The Bertz CT molecular complexity index is 729. The van der Waals surface area contributed by atoms with Crippen molar-refractivity contribution in [3.05, 3.63) is 60.4 Å². The molecule has 0 aliphatic rings. The number of hydroxylamine groups is 2. The Balaban J connectivity index is 0.00000784. The van der Waals surface area contributed by atoms with Crippen molar-refractivity contribution in [2.75, 3.05) is 13.2 Å². The molecule has 0 saturated heterocycles. The van der Waals surface area contributed by atoms with E-state index >= 15 is 0 Å². The first-order chi connectivity index (χ1) is 13.0. The van der Waals surface area contributed by atoms with E-state index in [0.717, 1.165) is 12.3 Å². The third-order valence-corrected chi connectivity index (χ3v) is 3.14. The van der Waals surface area contributed by atoms with Crippen LogP contribution in [0, 0.1) is 30.3 Å². The van der Waals surface area contributed by atoms with Crippen molar-refractivity contribution >= 4 is 18.3 Å². The summed E-state index contributed by atoms with van der Waals surface area (Å²) < 4.78 is 0. The molecule has 0 atom stereocenters. The molecule has 0 saturated carbocycles. The fourth-order valence-electron chi connectivity index (χ4n) is 1.88. The number of pyridine rings is 1. The molecule has 1 aromatic rings. The van der Waals surface area contributed by atoms with Gasteiger partial charge in [-0.3, -0.25) is 9.78 Å². The highest BCUT2D eigenvalue weighted by molar-refractivity contribution is 5.93. The van der Waals surface area contributed by atoms with Crippen LogP contribution in [-0.4, -0.2) is 71.3 Å². The second-order valence-electron chi connectivity index (χ2n) is 4.71. The second kappa shape index (κ2) is 10.1. The van der Waals surface area contributed by atoms with Crippen LogP contribution in [0.5, 0.6) is 0 Å². The number of aromatic nitrogens is 1. The van der Waals surface area contributed by atoms with E-state index < -0.39 is 56.5 Å². The first-order valence-corrected chi connectivity index (χ1v) is 6.71. The molecule has 19 heteroatoms. The van der Waals surface area contributed by atoms with Gasteiger partial charge >= 0.3 is 11.1 Å². The lowest BCUT2D eigenvalue weighted by molar-refractivity contribution is -0.906. The Morgan fingerprint density at radius 2 is 1.62 bits per heavy atom. The lowest BCUT2D eigenvalue weighted by Crippen LogP contribution is -2.73. The smallest absolute Gasteiger partial charge is 0.393 e. The summed E-state index contributed by atoms with van der Waals surface area (Å²) in [5, 5.41) is 55.4. The molecule has 1 rings (SSSR count). The SMILES string of the molecule is Cl.O=C(c1cccnc1)N(O[N+](=O)[O-])C(CO)(CO)C(O)(O[N+](=O)[O-])O[N+](=O)[O-]. The predicted molar refractivity (Wildman–Crippen MR) is 83.7 cm³/mol. The molecular weight excluding hydrogens is 434 g/mol. The quantitative estimate of drug-likeness (QED) is 0.186. The van der Waals surface area contributed by atoms with E-state index in [0.29, 0.717) is 0 Å². The molecular formula is C10H12ClN5O13. The Hall–Kier alpha value is -3.61. The highest BCUT2D eigenvalue weighted by Crippen LogP contribution is 2.33. The molecule has 0 spiro atoms. The van der Waals surface area contributed by atoms with Gasteiger partial charge in [0.25, 0.3) is 16.1 Å². The van der Waals surface area contributed by atoms with Gasteiger partial charge in [0.15, 0.2) is 5.54 Å². The number of hydrogen-bond acceptors (Lipinski definition) is 14. The van der Waals surface area contributed by atoms with Crippen molar-refractivity contribution in [1.29, 1.82) is 0 Å². The zero-order valence-electron chi connectivity index (χ0n) is 13.8. The number of hydrogen-bond donors (Lipinski definition) is 3. The van der Waals surface area contributed by atoms with Crippen LogP contribution in [0.15, 0.2) is 24.5 Å². The largest absolute Gasteiger partial charge is 0.394 e. The maximum absolute atomic E-state index is 12.5. The van der Waals surface area contributed by atoms with Crippen LogP contribution >= 0.6 is 12.4 Å². The highest BCUT2D eigenvalue weighted by Gasteiger charge is 2.64. The maximum Gasteiger partial charge on any atom is 0.394 e. The number of carbonyl (C=O) groups excluding carboxylic acids is 1. The third-order valence-electron chi connectivity index (χ3n) is 3.14. The van der Waals surface area contributed by atoms with E-state index in [2.05, 4.69) is 19.6 Å². The fourth-order valence-corrected chi connectivity index (χ4v) is 1.88. The van der Waals surface area contributed by atoms with E-state index in [1.165, 1.54) is 12.3 Å². The Labute approximate surface area is 164 Å². The molecule has 0 fully saturated rings. The van der Waals surface area contributed by atoms with Gasteiger partial charge in [-0.25, -0.2) is 9.68 Å². The summed E-state index contributed by atoms with van der Waals surface area (Å²) in [6, 6.07) is 2.18. The number of amides is 1. The summed E-state index contributed by atoms with van der Waals surface area (Å²) >= 11 is 0. The minimum absolute atomic E-state index is 0. The van der Waals surface area contributed by atoms with Gasteiger partial charge in [0.05, 0.1) is 18.8 Å². The molecule has 18 nitrogen and oxygen atoms in total. The van der Waals surface area contributed by atoms with Crippen LogP contribution in [0.3, 0.4) is 0 Å². The summed E-state index contributed by atoms with van der Waals surface area (Å²) in [6.07, 6.45) is 2.00. The molecule has 3 N–H and O–H groups in total. The molecule has 0 aliphatic heterocycles. The number of carbonyl (C=O) groups is 1. The molecule has 162 valence electrons. The van der Waals surface area contributed by atoms with E-state index in [4.69, 9.17) is 0 Å². The van der Waals surface area contributed by atoms with Crippen molar-refractivity contribution in [1.82, 2.24) is 10.0 Å². The van der Waals surface area contributed by atoms with Crippen molar-refractivity contribution in [3.8, 4) is 0 Å². The van der Waals surface area contributed by atoms with E-state index in [9.17, 15) is 50.5 Å². The lowest BCUT2D eigenvalue weighted by Gasteiger charge is -2.44. The van der Waals surface area contributed by atoms with Crippen molar-refractivity contribution < 1.29 is 50.0 Å². The van der Waals surface area contributed by atoms with E-state index in [-0.39, 0.29) is 12.4 Å². The molecule has 0 aromatic carbocycles. The van der Waals surface area contributed by atoms with Gasteiger partial charge < -0.3 is 15.3 Å². The van der Waals surface area contributed by atoms with Crippen LogP contribution in [0.25, 0.3) is 0 Å². The Kier molecular flexibility index (Phi) is 8.82. The number of rotatable bonds is 11. The van der Waals surface area contributed by atoms with Gasteiger partial charge in [-0.2, -0.15) is 10.0 Å². The zero-order valence-corrected chi connectivity index (χ0v) is 14.6. The molecule has 0 radical (unpaired) electrons. The maximum atomic E-state index is 12.5.